The summed E-state index contributed by atoms with van der Waals surface area (Å²) in [5, 5.41) is 0. The third-order valence-corrected chi connectivity index (χ3v) is 5.82. The highest BCUT2D eigenvalue weighted by atomic mass is 14.5. The van der Waals surface area contributed by atoms with Crippen LogP contribution < -0.4 is 0 Å². The first kappa shape index (κ1) is 17.0. The summed E-state index contributed by atoms with van der Waals surface area (Å²) in [6, 6.07) is 0. The lowest BCUT2D eigenvalue weighted by Gasteiger charge is -2.49. The second kappa shape index (κ2) is 6.25. The second-order valence-corrected chi connectivity index (χ2v) is 7.34. The van der Waals surface area contributed by atoms with Gasteiger partial charge in [-0.05, 0) is 35.0 Å². The Morgan fingerprint density at radius 3 is 1.47 bits per heavy atom. The molecule has 0 rings (SSSR count). The number of hydrogen-bond donors (Lipinski definition) is 0. The van der Waals surface area contributed by atoms with Crippen LogP contribution in [0.3, 0.4) is 0 Å². The summed E-state index contributed by atoms with van der Waals surface area (Å²) < 4.78 is 0. The van der Waals surface area contributed by atoms with E-state index in [0.29, 0.717) is 10.8 Å². The Kier molecular flexibility index (Phi) is 6.25. The molecular weight excluding hydrogens is 204 g/mol. The van der Waals surface area contributed by atoms with E-state index in [1.54, 1.807) is 0 Å². The van der Waals surface area contributed by atoms with Crippen LogP contribution in [0.15, 0.2) is 0 Å². The Bertz CT molecular complexity index is 210. The summed E-state index contributed by atoms with van der Waals surface area (Å²) in [5.41, 5.74) is 0.961. The maximum atomic E-state index is 2.52. The van der Waals surface area contributed by atoms with E-state index in [0.717, 1.165) is 17.8 Å². The maximum absolute atomic E-state index is 2.52. The molecule has 0 saturated heterocycles. The van der Waals surface area contributed by atoms with E-state index in [1.165, 1.54) is 19.3 Å². The van der Waals surface area contributed by atoms with E-state index in [1.807, 2.05) is 0 Å². The van der Waals surface area contributed by atoms with Crippen molar-refractivity contribution in [2.75, 3.05) is 0 Å². The molecule has 0 aromatic heterocycles. The highest BCUT2D eigenvalue weighted by Gasteiger charge is 2.43. The highest BCUT2D eigenvalue weighted by molar-refractivity contribution is 4.92. The third kappa shape index (κ3) is 3.73. The average molecular weight is 240 g/mol. The smallest absolute Gasteiger partial charge is 0.0269 e. The molecule has 0 saturated carbocycles. The topological polar surface area (TPSA) is 0 Å². The van der Waals surface area contributed by atoms with Crippen LogP contribution in [-0.2, 0) is 0 Å². The summed E-state index contributed by atoms with van der Waals surface area (Å²) >= 11 is 0. The van der Waals surface area contributed by atoms with E-state index in [4.69, 9.17) is 0 Å². The van der Waals surface area contributed by atoms with Crippen molar-refractivity contribution < 1.29 is 0 Å². The van der Waals surface area contributed by atoms with Crippen LogP contribution in [0.2, 0.25) is 0 Å². The summed E-state index contributed by atoms with van der Waals surface area (Å²) in [5.74, 6) is 2.34. The van der Waals surface area contributed by atoms with Crippen LogP contribution in [0, 0.1) is 28.6 Å². The molecule has 0 heterocycles. The Hall–Kier alpha value is 0. The molecule has 0 bridgehead atoms. The van der Waals surface area contributed by atoms with Crippen molar-refractivity contribution in [1.29, 1.82) is 0 Å². The lowest BCUT2D eigenvalue weighted by molar-refractivity contribution is -0.000499. The SMILES string of the molecule is CCC(C)(CC)C(C)C(C)(CC(C)C)C(C)C. The molecule has 2 unspecified atom stereocenters. The monoisotopic (exact) mass is 240 g/mol. The fourth-order valence-corrected chi connectivity index (χ4v) is 3.45. The molecule has 0 nitrogen and oxygen atoms in total. The fourth-order valence-electron chi connectivity index (χ4n) is 3.45. The van der Waals surface area contributed by atoms with Crippen LogP contribution in [0.1, 0.15) is 81.6 Å². The van der Waals surface area contributed by atoms with Crippen LogP contribution in [0.5, 0.6) is 0 Å². The molecule has 104 valence electrons. The molecule has 0 fully saturated rings. The molecule has 0 N–H and O–H groups in total. The fraction of sp³-hybridized carbons (Fsp3) is 1.00. The molecule has 0 radical (unpaired) electrons. The minimum absolute atomic E-state index is 0.467. The van der Waals surface area contributed by atoms with E-state index in [9.17, 15) is 0 Å². The van der Waals surface area contributed by atoms with Crippen LogP contribution in [0.25, 0.3) is 0 Å². The van der Waals surface area contributed by atoms with E-state index in [-0.39, 0.29) is 0 Å². The standard InChI is InChI=1S/C17H36/c1-10-16(8,11-2)15(7)17(9,14(5)6)12-13(3)4/h13-15H,10-12H2,1-9H3. The summed E-state index contributed by atoms with van der Waals surface area (Å²) in [6.07, 6.45) is 3.94. The molecule has 0 heteroatoms. The van der Waals surface area contributed by atoms with Crippen molar-refractivity contribution in [2.24, 2.45) is 28.6 Å². The first-order valence-corrected chi connectivity index (χ1v) is 7.64. The third-order valence-electron chi connectivity index (χ3n) is 5.82. The summed E-state index contributed by atoms with van der Waals surface area (Å²) in [6.45, 7) is 21.8. The van der Waals surface area contributed by atoms with Gasteiger partial charge in [-0.2, -0.15) is 0 Å². The second-order valence-electron chi connectivity index (χ2n) is 7.34. The van der Waals surface area contributed by atoms with Crippen molar-refractivity contribution in [1.82, 2.24) is 0 Å². The van der Waals surface area contributed by atoms with Crippen molar-refractivity contribution in [3.8, 4) is 0 Å². The van der Waals surface area contributed by atoms with Gasteiger partial charge in [-0.3, -0.25) is 0 Å². The maximum Gasteiger partial charge on any atom is -0.0269 e. The lowest BCUT2D eigenvalue weighted by atomic mass is 9.56. The molecule has 17 heavy (non-hydrogen) atoms. The zero-order chi connectivity index (χ0) is 13.9. The molecule has 0 aliphatic carbocycles. The molecular formula is C17H36. The van der Waals surface area contributed by atoms with E-state index in [2.05, 4.69) is 62.3 Å². The van der Waals surface area contributed by atoms with Gasteiger partial charge in [0.05, 0.1) is 0 Å². The van der Waals surface area contributed by atoms with Crippen molar-refractivity contribution in [3.63, 3.8) is 0 Å². The Morgan fingerprint density at radius 1 is 0.824 bits per heavy atom. The number of hydrogen-bond acceptors (Lipinski definition) is 0. The normalized spacial score (nSPS) is 18.5. The van der Waals surface area contributed by atoms with Crippen molar-refractivity contribution in [2.45, 2.75) is 81.6 Å². The van der Waals surface area contributed by atoms with E-state index < -0.39 is 0 Å². The quantitative estimate of drug-likeness (QED) is 0.500. The molecule has 0 aromatic rings. The minimum Gasteiger partial charge on any atom is -0.0649 e. The van der Waals surface area contributed by atoms with Gasteiger partial charge in [0.15, 0.2) is 0 Å². The van der Waals surface area contributed by atoms with Gasteiger partial charge in [0.25, 0.3) is 0 Å². The predicted molar refractivity (Wildman–Crippen MR) is 80.3 cm³/mol. The van der Waals surface area contributed by atoms with Crippen LogP contribution in [-0.4, -0.2) is 0 Å². The molecule has 2 atom stereocenters. The van der Waals surface area contributed by atoms with E-state index >= 15 is 0 Å². The predicted octanol–water partition coefficient (Wildman–Crippen LogP) is 6.16. The lowest BCUT2D eigenvalue weighted by Crippen LogP contribution is -2.41. The molecule has 0 spiro atoms. The molecule has 0 amide bonds. The first-order valence-electron chi connectivity index (χ1n) is 7.64. The van der Waals surface area contributed by atoms with Gasteiger partial charge in [0, 0.05) is 0 Å². The van der Waals surface area contributed by atoms with Crippen LogP contribution in [0.4, 0.5) is 0 Å². The van der Waals surface area contributed by atoms with Crippen molar-refractivity contribution in [3.05, 3.63) is 0 Å². The highest BCUT2D eigenvalue weighted by Crippen LogP contribution is 2.51. The Balaban J connectivity index is 5.19. The zero-order valence-electron chi connectivity index (χ0n) is 13.9. The summed E-state index contributed by atoms with van der Waals surface area (Å²) in [4.78, 5) is 0. The zero-order valence-corrected chi connectivity index (χ0v) is 13.9. The van der Waals surface area contributed by atoms with Gasteiger partial charge in [-0.1, -0.05) is 75.2 Å². The Labute approximate surface area is 111 Å². The summed E-state index contributed by atoms with van der Waals surface area (Å²) in [7, 11) is 0. The average Bonchev–Trinajstić information content (AvgIpc) is 2.25. The van der Waals surface area contributed by atoms with Gasteiger partial charge < -0.3 is 0 Å². The molecule has 0 aliphatic heterocycles. The van der Waals surface area contributed by atoms with Gasteiger partial charge in [0.1, 0.15) is 0 Å². The molecule has 0 aliphatic rings. The first-order chi connectivity index (χ1) is 7.64. The van der Waals surface area contributed by atoms with Gasteiger partial charge in [-0.15, -0.1) is 0 Å². The van der Waals surface area contributed by atoms with Gasteiger partial charge in [-0.25, -0.2) is 0 Å². The van der Waals surface area contributed by atoms with Gasteiger partial charge in [0.2, 0.25) is 0 Å². The number of rotatable bonds is 7. The van der Waals surface area contributed by atoms with Gasteiger partial charge >= 0.3 is 0 Å². The van der Waals surface area contributed by atoms with Crippen molar-refractivity contribution >= 4 is 0 Å². The largest absolute Gasteiger partial charge is 0.0649 e. The van der Waals surface area contributed by atoms with Crippen LogP contribution >= 0.6 is 0 Å². The minimum atomic E-state index is 0.467. The molecule has 0 aromatic carbocycles. The Morgan fingerprint density at radius 2 is 1.24 bits per heavy atom.